The monoisotopic (exact) mass is 1070 g/mol. The molecule has 2 unspecified atom stereocenters. The summed E-state index contributed by atoms with van der Waals surface area (Å²) in [6, 6.07) is 42.9. The Balaban J connectivity index is 0.000000201. The number of Topliss-reactive ketones (excluding diaryl/α,β-unsaturated/α-hetero) is 2. The molecule has 2 aromatic heterocycles. The van der Waals surface area contributed by atoms with E-state index in [0.29, 0.717) is 38.0 Å². The molecule has 6 aromatic rings. The standard InChI is InChI=1S/2C29H33N2O3S.2CH2O2/c2*1-21-9-11-22(12-10-21)18-30-28(24-6-3-2-4-7-24)29(33)34-26-20-31(15-13-23(26)14-16-31)19-25(32)27-8-5-17-35-27;2*2-1-3/h2*2-12,17,23,26,28,30H,13-16,18-20H2,1H3;2*1H,(H,2,3)/q2*+1;;/p-2/t2*23?,26-,28?,31?;;/m00../s1. The predicted molar refractivity (Wildman–Crippen MR) is 288 cm³/mol. The van der Waals surface area contributed by atoms with Crippen LogP contribution < -0.4 is 20.8 Å². The van der Waals surface area contributed by atoms with Gasteiger partial charge in [0.1, 0.15) is 38.3 Å². The number of carbonyl (C=O) groups is 6. The van der Waals surface area contributed by atoms with E-state index in [4.69, 9.17) is 29.3 Å². The molecule has 12 rings (SSSR count). The highest BCUT2D eigenvalue weighted by Crippen LogP contribution is 2.38. The first-order valence-electron chi connectivity index (χ1n) is 25.9. The van der Waals surface area contributed by atoms with Crippen LogP contribution in [0.1, 0.15) is 90.5 Å². The Morgan fingerprint density at radius 1 is 0.539 bits per heavy atom. The zero-order valence-electron chi connectivity index (χ0n) is 43.2. The fourth-order valence-electron chi connectivity index (χ4n) is 11.0. The number of nitrogens with one attached hydrogen (secondary N) is 2. The second-order valence-corrected chi connectivity index (χ2v) is 22.2. The van der Waals surface area contributed by atoms with Gasteiger partial charge in [0.05, 0.1) is 35.9 Å². The van der Waals surface area contributed by atoms with Gasteiger partial charge in [-0.25, -0.2) is 9.59 Å². The van der Waals surface area contributed by atoms with Crippen molar-refractivity contribution in [2.45, 2.75) is 76.9 Å². The molecule has 0 saturated carbocycles. The summed E-state index contributed by atoms with van der Waals surface area (Å²) in [7, 11) is 0. The van der Waals surface area contributed by atoms with E-state index in [-0.39, 0.29) is 35.7 Å². The number of piperidine rings is 6. The molecular weight excluding hydrogens is 1000 g/mol. The molecule has 6 aliphatic rings. The Bertz CT molecular complexity index is 2570. The molecule has 4 bridgehead atoms. The molecule has 6 fully saturated rings. The van der Waals surface area contributed by atoms with E-state index in [9.17, 15) is 19.2 Å². The van der Waals surface area contributed by atoms with Gasteiger partial charge in [-0.1, -0.05) is 132 Å². The Hall–Kier alpha value is -6.66. The van der Waals surface area contributed by atoms with Crippen LogP contribution in [0, 0.1) is 25.7 Å². The van der Waals surface area contributed by atoms with E-state index in [1.165, 1.54) is 33.8 Å². The molecule has 400 valence electrons. The zero-order chi connectivity index (χ0) is 53.9. The Labute approximate surface area is 453 Å². The summed E-state index contributed by atoms with van der Waals surface area (Å²) >= 11 is 3.01. The molecular formula is C60H68N4O10S2. The van der Waals surface area contributed by atoms with E-state index in [0.717, 1.165) is 106 Å². The first kappa shape index (κ1) is 57.1. The third kappa shape index (κ3) is 15.7. The molecule has 0 aliphatic carbocycles. The van der Waals surface area contributed by atoms with E-state index >= 15 is 0 Å². The summed E-state index contributed by atoms with van der Waals surface area (Å²) in [6.45, 7) is 10.7. The number of benzene rings is 4. The van der Waals surface area contributed by atoms with E-state index in [1.54, 1.807) is 0 Å². The Kier molecular flexibility index (Phi) is 21.0. The zero-order valence-corrected chi connectivity index (χ0v) is 44.8. The number of carbonyl (C=O) groups excluding carboxylic acids is 6. The Morgan fingerprint density at radius 2 is 0.882 bits per heavy atom. The molecule has 16 heteroatoms. The largest absolute Gasteiger partial charge is 0.554 e. The number of quaternary nitrogens is 2. The fraction of sp³-hybridized carbons (Fsp3) is 0.367. The van der Waals surface area contributed by atoms with Crippen LogP contribution in [0.3, 0.4) is 0 Å². The van der Waals surface area contributed by atoms with Gasteiger partial charge in [-0.15, -0.1) is 22.7 Å². The van der Waals surface area contributed by atoms with Gasteiger partial charge in [0.25, 0.3) is 0 Å². The van der Waals surface area contributed by atoms with E-state index < -0.39 is 25.0 Å². The van der Waals surface area contributed by atoms with Crippen LogP contribution >= 0.6 is 22.7 Å². The van der Waals surface area contributed by atoms with Gasteiger partial charge in [0.2, 0.25) is 11.6 Å². The number of aryl methyl sites for hydroxylation is 2. The number of rotatable bonds is 18. The van der Waals surface area contributed by atoms with Gasteiger partial charge < -0.3 is 38.2 Å². The summed E-state index contributed by atoms with van der Waals surface area (Å²) < 4.78 is 13.9. The van der Waals surface area contributed by atoms with Crippen LogP contribution in [-0.4, -0.2) is 110 Å². The smallest absolute Gasteiger partial charge is 0.328 e. The molecule has 0 spiro atoms. The van der Waals surface area contributed by atoms with Crippen LogP contribution in [0.25, 0.3) is 0 Å². The van der Waals surface area contributed by atoms with Gasteiger partial charge in [-0.3, -0.25) is 20.2 Å². The molecule has 0 amide bonds. The third-order valence-electron chi connectivity index (χ3n) is 15.2. The van der Waals surface area contributed by atoms with E-state index in [2.05, 4.69) is 73.0 Å². The quantitative estimate of drug-likeness (QED) is 0.0408. The molecule has 2 N–H and O–H groups in total. The molecule has 14 nitrogen and oxygen atoms in total. The highest BCUT2D eigenvalue weighted by molar-refractivity contribution is 7.12. The minimum absolute atomic E-state index is 0.145. The first-order chi connectivity index (χ1) is 36.9. The number of ketones is 2. The van der Waals surface area contributed by atoms with Gasteiger partial charge in [-0.05, 0) is 59.0 Å². The number of esters is 2. The van der Waals surface area contributed by atoms with Crippen molar-refractivity contribution in [2.75, 3.05) is 52.4 Å². The van der Waals surface area contributed by atoms with Crippen LogP contribution in [0.5, 0.6) is 0 Å². The maximum atomic E-state index is 13.5. The van der Waals surface area contributed by atoms with Crippen molar-refractivity contribution in [3.63, 3.8) is 0 Å². The summed E-state index contributed by atoms with van der Waals surface area (Å²) in [5, 5.41) is 27.3. The Morgan fingerprint density at radius 3 is 1.20 bits per heavy atom. The topological polar surface area (TPSA) is 191 Å². The lowest BCUT2D eigenvalue weighted by atomic mass is 9.83. The maximum Gasteiger partial charge on any atom is 0.328 e. The summed E-state index contributed by atoms with van der Waals surface area (Å²) in [5.74, 6) is 0.697. The van der Waals surface area contributed by atoms with Crippen molar-refractivity contribution in [3.8, 4) is 0 Å². The number of nitrogens with zero attached hydrogens (tertiary/aromatic N) is 2. The lowest BCUT2D eigenvalue weighted by Crippen LogP contribution is -2.65. The van der Waals surface area contributed by atoms with Gasteiger partial charge >= 0.3 is 11.9 Å². The number of fused-ring (bicyclic) bond motifs is 6. The van der Waals surface area contributed by atoms with Crippen molar-refractivity contribution in [2.24, 2.45) is 11.8 Å². The second kappa shape index (κ2) is 27.9. The molecule has 76 heavy (non-hydrogen) atoms. The van der Waals surface area contributed by atoms with Crippen LogP contribution in [0.4, 0.5) is 0 Å². The summed E-state index contributed by atoms with van der Waals surface area (Å²) in [4.78, 5) is 71.0. The normalized spacial score (nSPS) is 22.6. The van der Waals surface area contributed by atoms with Crippen LogP contribution in [0.2, 0.25) is 0 Å². The highest BCUT2D eigenvalue weighted by Gasteiger charge is 2.50. The second-order valence-electron chi connectivity index (χ2n) is 20.3. The molecule has 4 aromatic carbocycles. The average Bonchev–Trinajstić information content (AvgIpc) is 4.21. The van der Waals surface area contributed by atoms with E-state index in [1.807, 2.05) is 95.7 Å². The lowest BCUT2D eigenvalue weighted by molar-refractivity contribution is -0.938. The molecule has 8 heterocycles. The van der Waals surface area contributed by atoms with Crippen molar-refractivity contribution < 1.29 is 57.4 Å². The fourth-order valence-corrected chi connectivity index (χ4v) is 12.4. The maximum absolute atomic E-state index is 13.5. The summed E-state index contributed by atoms with van der Waals surface area (Å²) in [5.41, 5.74) is 6.49. The SMILES string of the molecule is Cc1ccc(CNC(C(=O)O[C@H]2C[N+]3(CC(=O)c4cccs4)CCC2CC3)c2ccccc2)cc1.Cc1ccc(CNC(C(=O)O[C@H]2C[N+]3(CC(=O)c4cccs4)CCC2CC3)c2ccccc2)cc1.O=C[O-].O=C[O-]. The number of ether oxygens (including phenoxy) is 2. The average molecular weight is 1070 g/mol. The minimum Gasteiger partial charge on any atom is -0.554 e. The van der Waals surface area contributed by atoms with Gasteiger partial charge in [0, 0.05) is 63.6 Å². The summed E-state index contributed by atoms with van der Waals surface area (Å²) in [6.07, 6.45) is 3.72. The molecule has 0 radical (unpaired) electrons. The third-order valence-corrected chi connectivity index (χ3v) is 17.0. The lowest BCUT2D eigenvalue weighted by Gasteiger charge is -2.51. The van der Waals surface area contributed by atoms with Crippen LogP contribution in [0.15, 0.2) is 144 Å². The van der Waals surface area contributed by atoms with Gasteiger partial charge in [-0.2, -0.15) is 0 Å². The van der Waals surface area contributed by atoms with Crippen molar-refractivity contribution in [1.29, 1.82) is 0 Å². The van der Waals surface area contributed by atoms with Crippen LogP contribution in [-0.2, 0) is 41.7 Å². The molecule has 4 atom stereocenters. The first-order valence-corrected chi connectivity index (χ1v) is 27.7. The van der Waals surface area contributed by atoms with Gasteiger partial charge in [0.15, 0.2) is 12.2 Å². The number of hydrogen-bond acceptors (Lipinski definition) is 14. The highest BCUT2D eigenvalue weighted by atomic mass is 32.1. The van der Waals surface area contributed by atoms with Crippen molar-refractivity contribution in [1.82, 2.24) is 10.6 Å². The molecule has 6 aliphatic heterocycles. The van der Waals surface area contributed by atoms with Crippen molar-refractivity contribution >= 4 is 59.1 Å². The minimum atomic E-state index is -0.533. The predicted octanol–water partition coefficient (Wildman–Crippen LogP) is 6.58. The number of thiophene rings is 2. The number of hydrogen-bond donors (Lipinski definition) is 2. The number of carboxylic acid groups (broad SMARTS) is 2. The van der Waals surface area contributed by atoms with Crippen molar-refractivity contribution in [3.05, 3.63) is 187 Å². The molecule has 6 saturated heterocycles.